The van der Waals surface area contributed by atoms with E-state index >= 15 is 0 Å². The van der Waals surface area contributed by atoms with E-state index in [2.05, 4.69) is 17.6 Å². The molecule has 0 aromatic heterocycles. The van der Waals surface area contributed by atoms with Crippen LogP contribution in [0.4, 0.5) is 0 Å². The molecule has 0 radical (unpaired) electrons. The average Bonchev–Trinajstić information content (AvgIpc) is 2.66. The molecule has 1 fully saturated rings. The normalized spacial score (nSPS) is 19.4. The first kappa shape index (κ1) is 13.9. The molecule has 1 unspecified atom stereocenters. The lowest BCUT2D eigenvalue weighted by Crippen LogP contribution is -2.29. The maximum Gasteiger partial charge on any atom is 0.0462 e. The quantitative estimate of drug-likeness (QED) is 0.487. The third-order valence-corrected chi connectivity index (χ3v) is 4.27. The lowest BCUT2D eigenvalue weighted by atomic mass is 9.90. The molecular formula is C15H23ClN2. The van der Waals surface area contributed by atoms with Gasteiger partial charge in [0.2, 0.25) is 0 Å². The molecule has 1 atom stereocenters. The summed E-state index contributed by atoms with van der Waals surface area (Å²) in [5.41, 5.74) is 4.20. The Morgan fingerprint density at radius 1 is 1.11 bits per heavy atom. The van der Waals surface area contributed by atoms with Gasteiger partial charge in [0.1, 0.15) is 0 Å². The third kappa shape index (κ3) is 3.98. The molecule has 1 aromatic rings. The van der Waals surface area contributed by atoms with Gasteiger partial charge in [-0.15, -0.1) is 0 Å². The summed E-state index contributed by atoms with van der Waals surface area (Å²) < 4.78 is 0. The minimum absolute atomic E-state index is 0.255. The third-order valence-electron chi connectivity index (χ3n) is 4.02. The Hall–Kier alpha value is -0.570. The van der Waals surface area contributed by atoms with Crippen LogP contribution in [0.1, 0.15) is 56.6 Å². The molecule has 2 nitrogen and oxygen atoms in total. The predicted molar refractivity (Wildman–Crippen MR) is 77.3 cm³/mol. The molecule has 3 heteroatoms. The summed E-state index contributed by atoms with van der Waals surface area (Å²) in [7, 11) is 0. The first-order chi connectivity index (χ1) is 8.79. The highest BCUT2D eigenvalue weighted by molar-refractivity contribution is 6.30. The van der Waals surface area contributed by atoms with E-state index in [0.29, 0.717) is 0 Å². The fourth-order valence-corrected chi connectivity index (χ4v) is 3.05. The van der Waals surface area contributed by atoms with Crippen molar-refractivity contribution in [1.82, 2.24) is 5.43 Å². The lowest BCUT2D eigenvalue weighted by Gasteiger charge is -2.22. The number of halogens is 1. The molecule has 1 saturated carbocycles. The average molecular weight is 267 g/mol. The Balaban J connectivity index is 1.97. The van der Waals surface area contributed by atoms with Gasteiger partial charge in [-0.3, -0.25) is 11.3 Å². The van der Waals surface area contributed by atoms with Gasteiger partial charge in [0.25, 0.3) is 0 Å². The van der Waals surface area contributed by atoms with E-state index in [-0.39, 0.29) is 6.04 Å². The van der Waals surface area contributed by atoms with Gasteiger partial charge in [-0.05, 0) is 30.0 Å². The van der Waals surface area contributed by atoms with Crippen LogP contribution in [0.2, 0.25) is 5.02 Å². The SMILES string of the molecule is NNC(CC1CCCCCC1)c1ccc(Cl)cc1. The summed E-state index contributed by atoms with van der Waals surface area (Å²) in [5, 5.41) is 0.781. The van der Waals surface area contributed by atoms with Crippen LogP contribution >= 0.6 is 11.6 Å². The van der Waals surface area contributed by atoms with Gasteiger partial charge in [0, 0.05) is 11.1 Å². The van der Waals surface area contributed by atoms with Gasteiger partial charge in [0.15, 0.2) is 0 Å². The molecule has 0 spiro atoms. The number of nitrogens with one attached hydrogen (secondary N) is 1. The van der Waals surface area contributed by atoms with E-state index in [1.165, 1.54) is 44.1 Å². The Kier molecular flexibility index (Phi) is 5.48. The van der Waals surface area contributed by atoms with Gasteiger partial charge < -0.3 is 0 Å². The molecular weight excluding hydrogens is 244 g/mol. The molecule has 0 bridgehead atoms. The first-order valence-corrected chi connectivity index (χ1v) is 7.39. The summed E-state index contributed by atoms with van der Waals surface area (Å²) in [6, 6.07) is 8.28. The topological polar surface area (TPSA) is 38.0 Å². The van der Waals surface area contributed by atoms with E-state index in [9.17, 15) is 0 Å². The van der Waals surface area contributed by atoms with Crippen LogP contribution in [0.25, 0.3) is 0 Å². The molecule has 18 heavy (non-hydrogen) atoms. The van der Waals surface area contributed by atoms with Crippen LogP contribution in [-0.2, 0) is 0 Å². The fourth-order valence-electron chi connectivity index (χ4n) is 2.93. The van der Waals surface area contributed by atoms with E-state index in [0.717, 1.165) is 17.4 Å². The van der Waals surface area contributed by atoms with Crippen molar-refractivity contribution in [1.29, 1.82) is 0 Å². The summed E-state index contributed by atoms with van der Waals surface area (Å²) in [4.78, 5) is 0. The smallest absolute Gasteiger partial charge is 0.0462 e. The van der Waals surface area contributed by atoms with Crippen LogP contribution in [0.5, 0.6) is 0 Å². The zero-order chi connectivity index (χ0) is 12.8. The van der Waals surface area contributed by atoms with E-state index in [4.69, 9.17) is 17.4 Å². The van der Waals surface area contributed by atoms with Crippen LogP contribution in [0.15, 0.2) is 24.3 Å². The largest absolute Gasteiger partial charge is 0.271 e. The van der Waals surface area contributed by atoms with E-state index in [1.807, 2.05) is 12.1 Å². The van der Waals surface area contributed by atoms with Crippen LogP contribution in [-0.4, -0.2) is 0 Å². The second-order valence-electron chi connectivity index (χ2n) is 5.36. The number of hydrogen-bond acceptors (Lipinski definition) is 2. The van der Waals surface area contributed by atoms with Crippen molar-refractivity contribution in [2.24, 2.45) is 11.8 Å². The summed E-state index contributed by atoms with van der Waals surface area (Å²) in [5.74, 6) is 6.53. The second kappa shape index (κ2) is 7.13. The molecule has 3 N–H and O–H groups in total. The zero-order valence-corrected chi connectivity index (χ0v) is 11.6. The number of hydrogen-bond donors (Lipinski definition) is 2. The molecule has 0 heterocycles. The van der Waals surface area contributed by atoms with Crippen LogP contribution in [0.3, 0.4) is 0 Å². The molecule has 1 aliphatic rings. The molecule has 0 amide bonds. The Bertz CT molecular complexity index is 342. The predicted octanol–water partition coefficient (Wildman–Crippen LogP) is 4.20. The van der Waals surface area contributed by atoms with E-state index in [1.54, 1.807) is 0 Å². The monoisotopic (exact) mass is 266 g/mol. The van der Waals surface area contributed by atoms with Crippen molar-refractivity contribution in [3.05, 3.63) is 34.9 Å². The van der Waals surface area contributed by atoms with Gasteiger partial charge in [-0.1, -0.05) is 62.3 Å². The maximum atomic E-state index is 5.92. The number of nitrogens with two attached hydrogens (primary N) is 1. The molecule has 1 aromatic carbocycles. The Morgan fingerprint density at radius 3 is 2.28 bits per heavy atom. The van der Waals surface area contributed by atoms with E-state index < -0.39 is 0 Å². The summed E-state index contributed by atoms with van der Waals surface area (Å²) in [6.45, 7) is 0. The summed E-state index contributed by atoms with van der Waals surface area (Å²) >= 11 is 5.92. The molecule has 0 aliphatic heterocycles. The highest BCUT2D eigenvalue weighted by Crippen LogP contribution is 2.31. The number of benzene rings is 1. The van der Waals surface area contributed by atoms with Gasteiger partial charge >= 0.3 is 0 Å². The minimum Gasteiger partial charge on any atom is -0.271 e. The highest BCUT2D eigenvalue weighted by Gasteiger charge is 2.18. The fraction of sp³-hybridized carbons (Fsp3) is 0.600. The van der Waals surface area contributed by atoms with Crippen LogP contribution in [0, 0.1) is 5.92 Å². The first-order valence-electron chi connectivity index (χ1n) is 7.01. The van der Waals surface area contributed by atoms with Crippen molar-refractivity contribution >= 4 is 11.6 Å². The highest BCUT2D eigenvalue weighted by atomic mass is 35.5. The van der Waals surface area contributed by atoms with Crippen molar-refractivity contribution in [2.45, 2.75) is 51.0 Å². The number of rotatable bonds is 4. The Labute approximate surface area is 115 Å². The van der Waals surface area contributed by atoms with Crippen molar-refractivity contribution in [3.8, 4) is 0 Å². The maximum absolute atomic E-state index is 5.92. The lowest BCUT2D eigenvalue weighted by molar-refractivity contribution is 0.359. The van der Waals surface area contributed by atoms with Crippen molar-refractivity contribution < 1.29 is 0 Å². The van der Waals surface area contributed by atoms with Gasteiger partial charge in [-0.25, -0.2) is 0 Å². The molecule has 1 aliphatic carbocycles. The zero-order valence-electron chi connectivity index (χ0n) is 10.9. The van der Waals surface area contributed by atoms with Gasteiger partial charge in [0.05, 0.1) is 0 Å². The second-order valence-corrected chi connectivity index (χ2v) is 5.80. The number of hydrazine groups is 1. The van der Waals surface area contributed by atoms with Gasteiger partial charge in [-0.2, -0.15) is 0 Å². The molecule has 0 saturated heterocycles. The Morgan fingerprint density at radius 2 is 1.72 bits per heavy atom. The minimum atomic E-state index is 0.255. The molecule has 2 rings (SSSR count). The summed E-state index contributed by atoms with van der Waals surface area (Å²) in [6.07, 6.45) is 9.40. The van der Waals surface area contributed by atoms with Crippen molar-refractivity contribution in [3.63, 3.8) is 0 Å². The standard InChI is InChI=1S/C15H23ClN2/c16-14-9-7-13(8-10-14)15(18-17)11-12-5-3-1-2-4-6-12/h7-10,12,15,18H,1-6,11,17H2. The van der Waals surface area contributed by atoms with Crippen LogP contribution < -0.4 is 11.3 Å². The van der Waals surface area contributed by atoms with Crippen molar-refractivity contribution in [2.75, 3.05) is 0 Å². The molecule has 100 valence electrons.